The molecule has 2 aliphatic rings. The number of aliphatic hydroxyl groups is 8. The van der Waals surface area contributed by atoms with Gasteiger partial charge in [0.15, 0.2) is 18.3 Å². The van der Waals surface area contributed by atoms with E-state index < -0.39 is 80.2 Å². The Morgan fingerprint density at radius 1 is 0.744 bits per heavy atom. The Kier molecular flexibility index (Phi) is 17.4. The zero-order valence-electron chi connectivity index (χ0n) is 25.9. The molecule has 0 bridgehead atoms. The van der Waals surface area contributed by atoms with Gasteiger partial charge in [-0.2, -0.15) is 0 Å². The highest BCUT2D eigenvalue weighted by molar-refractivity contribution is 5.74. The molecular weight excluding hydrogens is 566 g/mol. The van der Waals surface area contributed by atoms with Gasteiger partial charge in [-0.25, -0.2) is 0 Å². The standard InChI is InChI=1S/C30H57NO12/c1-3-4-5-6-7-8-9-10-11-12-13-14-15-16-17-31(20(2)34)30(19-33)27(39)23(36)25(38)29(43-30)42-26-21(18-32)41-28(40)24(37)22(26)35/h21-29,32-33,35-40H,3-19H2,1-2H3/t21-,22-,23-,24-,25-,26-,27-,28-,29+,30-/m1/s1. The molecule has 2 rings (SSSR count). The molecule has 2 fully saturated rings. The fourth-order valence-electron chi connectivity index (χ4n) is 5.97. The maximum Gasteiger partial charge on any atom is 0.221 e. The van der Waals surface area contributed by atoms with E-state index in [9.17, 15) is 45.6 Å². The van der Waals surface area contributed by atoms with E-state index in [1.54, 1.807) is 0 Å². The fraction of sp³-hybridized carbons (Fsp3) is 0.967. The maximum atomic E-state index is 12.7. The van der Waals surface area contributed by atoms with Crippen molar-refractivity contribution < 1.29 is 59.9 Å². The SMILES string of the molecule is CCCCCCCCCCCCCCCCN(C(C)=O)[C@]1(CO)O[C@H](O[C@H]2[C@H](O)[C@@H](O)[C@H](O)O[C@@H]2CO)[C@H](O)[C@@H](O)[C@H]1O. The van der Waals surface area contributed by atoms with Crippen LogP contribution in [0.25, 0.3) is 0 Å². The molecule has 2 heterocycles. The second-order valence-corrected chi connectivity index (χ2v) is 12.0. The fourth-order valence-corrected chi connectivity index (χ4v) is 5.97. The molecule has 0 aromatic heterocycles. The summed E-state index contributed by atoms with van der Waals surface area (Å²) in [7, 11) is 0. The quantitative estimate of drug-likeness (QED) is 0.0859. The van der Waals surface area contributed by atoms with Crippen molar-refractivity contribution in [2.45, 2.75) is 165 Å². The molecule has 13 nitrogen and oxygen atoms in total. The lowest BCUT2D eigenvalue weighted by Gasteiger charge is -2.53. The summed E-state index contributed by atoms with van der Waals surface area (Å²) in [6, 6.07) is 0. The summed E-state index contributed by atoms with van der Waals surface area (Å²) in [5.41, 5.74) is -2.20. The number of unbranched alkanes of at least 4 members (excludes halogenated alkanes) is 13. The summed E-state index contributed by atoms with van der Waals surface area (Å²) < 4.78 is 16.5. The van der Waals surface area contributed by atoms with E-state index in [0.29, 0.717) is 6.42 Å². The third-order valence-electron chi connectivity index (χ3n) is 8.66. The molecule has 1 amide bonds. The molecule has 8 N–H and O–H groups in total. The number of amides is 1. The van der Waals surface area contributed by atoms with Crippen LogP contribution in [-0.4, -0.2) is 132 Å². The minimum absolute atomic E-state index is 0.0832. The summed E-state index contributed by atoms with van der Waals surface area (Å²) in [5.74, 6) is -0.557. The molecule has 254 valence electrons. The topological polar surface area (TPSA) is 210 Å². The van der Waals surface area contributed by atoms with Gasteiger partial charge < -0.3 is 60.0 Å². The summed E-state index contributed by atoms with van der Waals surface area (Å²) in [5, 5.41) is 82.4. The second kappa shape index (κ2) is 19.5. The van der Waals surface area contributed by atoms with Crippen LogP contribution < -0.4 is 0 Å². The zero-order valence-corrected chi connectivity index (χ0v) is 25.9. The summed E-state index contributed by atoms with van der Waals surface area (Å²) in [6.07, 6.45) is 0.115. The minimum atomic E-state index is -2.20. The average molecular weight is 624 g/mol. The Balaban J connectivity index is 1.91. The van der Waals surface area contributed by atoms with Crippen LogP contribution in [0.1, 0.15) is 104 Å². The molecule has 0 aliphatic carbocycles. The summed E-state index contributed by atoms with van der Waals surface area (Å²) >= 11 is 0. The molecule has 0 aromatic rings. The smallest absolute Gasteiger partial charge is 0.221 e. The van der Waals surface area contributed by atoms with Gasteiger partial charge in [-0.15, -0.1) is 0 Å². The lowest BCUT2D eigenvalue weighted by Crippen LogP contribution is -2.74. The van der Waals surface area contributed by atoms with Crippen LogP contribution in [0.5, 0.6) is 0 Å². The predicted octanol–water partition coefficient (Wildman–Crippen LogP) is 0.260. The number of aliphatic hydroxyl groups excluding tert-OH is 8. The zero-order chi connectivity index (χ0) is 32.0. The number of nitrogens with zero attached hydrogens (tertiary/aromatic N) is 1. The first kappa shape index (κ1) is 38.2. The van der Waals surface area contributed by atoms with Gasteiger partial charge in [0.1, 0.15) is 42.7 Å². The lowest BCUT2D eigenvalue weighted by atomic mass is 9.91. The third kappa shape index (κ3) is 10.5. The van der Waals surface area contributed by atoms with Crippen molar-refractivity contribution in [1.29, 1.82) is 0 Å². The van der Waals surface area contributed by atoms with Gasteiger partial charge in [0.25, 0.3) is 0 Å². The number of rotatable bonds is 20. The maximum absolute atomic E-state index is 12.7. The van der Waals surface area contributed by atoms with E-state index in [0.717, 1.165) is 30.6 Å². The number of carbonyl (C=O) groups excluding carboxylic acids is 1. The number of hydrogen-bond acceptors (Lipinski definition) is 12. The van der Waals surface area contributed by atoms with Crippen LogP contribution in [-0.2, 0) is 19.0 Å². The third-order valence-corrected chi connectivity index (χ3v) is 8.66. The van der Waals surface area contributed by atoms with Gasteiger partial charge in [0, 0.05) is 13.5 Å². The molecule has 10 atom stereocenters. The van der Waals surface area contributed by atoms with Crippen molar-refractivity contribution in [2.75, 3.05) is 19.8 Å². The predicted molar refractivity (Wildman–Crippen MR) is 155 cm³/mol. The van der Waals surface area contributed by atoms with Gasteiger partial charge in [-0.1, -0.05) is 90.4 Å². The van der Waals surface area contributed by atoms with Crippen molar-refractivity contribution in [3.63, 3.8) is 0 Å². The highest BCUT2D eigenvalue weighted by Gasteiger charge is 2.59. The van der Waals surface area contributed by atoms with Gasteiger partial charge in [0.2, 0.25) is 5.91 Å². The molecule has 43 heavy (non-hydrogen) atoms. The molecule has 0 saturated carbocycles. The van der Waals surface area contributed by atoms with Gasteiger partial charge >= 0.3 is 0 Å². The van der Waals surface area contributed by atoms with E-state index in [1.165, 1.54) is 64.7 Å². The van der Waals surface area contributed by atoms with Crippen molar-refractivity contribution in [2.24, 2.45) is 0 Å². The van der Waals surface area contributed by atoms with E-state index in [4.69, 9.17) is 14.2 Å². The Hall–Kier alpha value is -0.970. The van der Waals surface area contributed by atoms with E-state index in [-0.39, 0.29) is 6.54 Å². The molecular formula is C30H57NO12. The molecule has 0 spiro atoms. The Bertz CT molecular complexity index is 775. The average Bonchev–Trinajstić information content (AvgIpc) is 2.99. The minimum Gasteiger partial charge on any atom is -0.394 e. The molecule has 0 unspecified atom stereocenters. The van der Waals surface area contributed by atoms with E-state index in [1.807, 2.05) is 0 Å². The van der Waals surface area contributed by atoms with Gasteiger partial charge in [-0.05, 0) is 6.42 Å². The van der Waals surface area contributed by atoms with Gasteiger partial charge in [0.05, 0.1) is 13.2 Å². The number of ether oxygens (including phenoxy) is 3. The highest BCUT2D eigenvalue weighted by Crippen LogP contribution is 2.36. The summed E-state index contributed by atoms with van der Waals surface area (Å²) in [4.78, 5) is 13.8. The molecule has 13 heteroatoms. The molecule has 2 aliphatic heterocycles. The normalized spacial score (nSPS) is 34.8. The molecule has 0 radical (unpaired) electrons. The Morgan fingerprint density at radius 2 is 1.26 bits per heavy atom. The van der Waals surface area contributed by atoms with E-state index >= 15 is 0 Å². The Morgan fingerprint density at radius 3 is 1.72 bits per heavy atom. The molecule has 0 aromatic carbocycles. The number of carbonyl (C=O) groups is 1. The second-order valence-electron chi connectivity index (χ2n) is 12.0. The van der Waals surface area contributed by atoms with Crippen LogP contribution in [0.15, 0.2) is 0 Å². The first-order chi connectivity index (χ1) is 20.5. The van der Waals surface area contributed by atoms with E-state index in [2.05, 4.69) is 6.92 Å². The highest BCUT2D eigenvalue weighted by atomic mass is 16.7. The lowest BCUT2D eigenvalue weighted by molar-refractivity contribution is -0.394. The Labute approximate surface area is 255 Å². The monoisotopic (exact) mass is 623 g/mol. The molecule has 2 saturated heterocycles. The van der Waals surface area contributed by atoms with Crippen LogP contribution in [0.3, 0.4) is 0 Å². The van der Waals surface area contributed by atoms with Crippen molar-refractivity contribution in [1.82, 2.24) is 4.90 Å². The summed E-state index contributed by atoms with van der Waals surface area (Å²) in [6.45, 7) is 1.83. The van der Waals surface area contributed by atoms with Crippen molar-refractivity contribution in [3.05, 3.63) is 0 Å². The first-order valence-corrected chi connectivity index (χ1v) is 16.1. The van der Waals surface area contributed by atoms with Crippen LogP contribution in [0, 0.1) is 0 Å². The van der Waals surface area contributed by atoms with Gasteiger partial charge in [-0.3, -0.25) is 4.79 Å². The first-order valence-electron chi connectivity index (χ1n) is 16.1. The van der Waals surface area contributed by atoms with Crippen molar-refractivity contribution in [3.8, 4) is 0 Å². The van der Waals surface area contributed by atoms with Crippen molar-refractivity contribution >= 4 is 5.91 Å². The van der Waals surface area contributed by atoms with Crippen LogP contribution in [0.4, 0.5) is 0 Å². The van der Waals surface area contributed by atoms with Crippen LogP contribution >= 0.6 is 0 Å². The number of hydrogen-bond donors (Lipinski definition) is 8. The van der Waals surface area contributed by atoms with Crippen LogP contribution in [0.2, 0.25) is 0 Å². The largest absolute Gasteiger partial charge is 0.394 e.